The summed E-state index contributed by atoms with van der Waals surface area (Å²) in [6, 6.07) is 10.1. The lowest BCUT2D eigenvalue weighted by atomic mass is 10.1. The third-order valence-corrected chi connectivity index (χ3v) is 6.98. The van der Waals surface area contributed by atoms with Gasteiger partial charge in [0.05, 0.1) is 11.4 Å². The van der Waals surface area contributed by atoms with E-state index in [-0.39, 0.29) is 33.2 Å². The fourth-order valence-electron chi connectivity index (χ4n) is 3.47. The van der Waals surface area contributed by atoms with Gasteiger partial charge in [-0.15, -0.1) is 0 Å². The van der Waals surface area contributed by atoms with Crippen LogP contribution in [0.2, 0.25) is 10.0 Å². The summed E-state index contributed by atoms with van der Waals surface area (Å²) in [5.74, 6) is -0.865. The summed E-state index contributed by atoms with van der Waals surface area (Å²) in [4.78, 5) is 26.6. The Bertz CT molecular complexity index is 1150. The van der Waals surface area contributed by atoms with Crippen LogP contribution in [0.25, 0.3) is 0 Å². The second-order valence-corrected chi connectivity index (χ2v) is 10.1. The molecule has 1 aliphatic rings. The number of amides is 2. The maximum atomic E-state index is 12.7. The first-order valence-corrected chi connectivity index (χ1v) is 12.3. The van der Waals surface area contributed by atoms with Crippen molar-refractivity contribution in [3.63, 3.8) is 0 Å². The fourth-order valence-corrected chi connectivity index (χ4v) is 5.17. The highest BCUT2D eigenvalue weighted by Crippen LogP contribution is 2.22. The van der Waals surface area contributed by atoms with Crippen LogP contribution in [-0.4, -0.2) is 50.1 Å². The lowest BCUT2D eigenvalue weighted by Crippen LogP contribution is -2.48. The van der Waals surface area contributed by atoms with Gasteiger partial charge in [-0.25, -0.2) is 13.1 Å². The Balaban J connectivity index is 1.57. The molecule has 1 heterocycles. The molecule has 1 atom stereocenters. The normalized spacial score (nSPS) is 15.9. The molecule has 1 fully saturated rings. The Labute approximate surface area is 201 Å². The molecular weight excluding hydrogens is 489 g/mol. The van der Waals surface area contributed by atoms with Gasteiger partial charge in [-0.1, -0.05) is 47.5 Å². The number of carbonyl (C=O) groups excluding carboxylic acids is 2. The smallest absolute Gasteiger partial charge is 0.243 e. The van der Waals surface area contributed by atoms with Crippen molar-refractivity contribution in [3.05, 3.63) is 63.6 Å². The lowest BCUT2D eigenvalue weighted by molar-refractivity contribution is -0.137. The van der Waals surface area contributed by atoms with Gasteiger partial charge in [-0.05, 0) is 36.6 Å². The molecule has 3 rings (SSSR count). The third kappa shape index (κ3) is 6.44. The first kappa shape index (κ1) is 25.0. The number of nitrogens with two attached hydrogens (primary N) is 1. The van der Waals surface area contributed by atoms with Crippen molar-refractivity contribution in [3.8, 4) is 0 Å². The largest absolute Gasteiger partial charge is 0.384 e. The van der Waals surface area contributed by atoms with Crippen molar-refractivity contribution in [2.24, 2.45) is 5.73 Å². The molecule has 0 radical (unpaired) electrons. The first-order valence-electron chi connectivity index (χ1n) is 10.0. The second kappa shape index (κ2) is 10.5. The third-order valence-electron chi connectivity index (χ3n) is 5.17. The van der Waals surface area contributed by atoms with Gasteiger partial charge < -0.3 is 16.0 Å². The maximum Gasteiger partial charge on any atom is 0.243 e. The Morgan fingerprint density at radius 2 is 1.76 bits per heavy atom. The Kier molecular flexibility index (Phi) is 7.96. The number of carbonyl (C=O) groups is 2. The summed E-state index contributed by atoms with van der Waals surface area (Å²) in [5, 5.41) is 10.5. The minimum absolute atomic E-state index is 0.0419. The molecule has 0 spiro atoms. The molecule has 0 aliphatic carbocycles. The van der Waals surface area contributed by atoms with E-state index in [9.17, 15) is 18.0 Å². The van der Waals surface area contributed by atoms with Gasteiger partial charge in [0.25, 0.3) is 0 Å². The standard InChI is InChI=1S/C21H23Cl2N5O4S/c22-15-8-16(23)10-17(9-15)33(31,32)27-12-19(29)28-7-1-2-18(28)21(30)26-11-13-3-5-14(6-4-13)20(24)25/h3-6,8-10,18,27H,1-2,7,11-12H2,(H3,24,25)(H,26,30)/t18-/m0/s1. The highest BCUT2D eigenvalue weighted by atomic mass is 35.5. The van der Waals surface area contributed by atoms with E-state index in [4.69, 9.17) is 34.3 Å². The van der Waals surface area contributed by atoms with Crippen molar-refractivity contribution in [2.45, 2.75) is 30.3 Å². The van der Waals surface area contributed by atoms with Crippen molar-refractivity contribution in [2.75, 3.05) is 13.1 Å². The van der Waals surface area contributed by atoms with Crippen LogP contribution in [0.3, 0.4) is 0 Å². The summed E-state index contributed by atoms with van der Waals surface area (Å²) < 4.78 is 27.2. The molecule has 0 unspecified atom stereocenters. The van der Waals surface area contributed by atoms with Crippen LogP contribution in [0.4, 0.5) is 0 Å². The van der Waals surface area contributed by atoms with E-state index in [1.165, 1.54) is 23.1 Å². The van der Waals surface area contributed by atoms with E-state index >= 15 is 0 Å². The van der Waals surface area contributed by atoms with Gasteiger partial charge in [0.1, 0.15) is 11.9 Å². The van der Waals surface area contributed by atoms with Crippen LogP contribution in [0.5, 0.6) is 0 Å². The molecule has 176 valence electrons. The Morgan fingerprint density at radius 3 is 2.36 bits per heavy atom. The number of nitrogens with one attached hydrogen (secondary N) is 3. The molecule has 1 saturated heterocycles. The molecule has 0 bridgehead atoms. The molecule has 2 aromatic rings. The predicted molar refractivity (Wildman–Crippen MR) is 126 cm³/mol. The second-order valence-electron chi connectivity index (χ2n) is 7.50. The quantitative estimate of drug-likeness (QED) is 0.315. The number of sulfonamides is 1. The molecule has 2 aromatic carbocycles. The summed E-state index contributed by atoms with van der Waals surface area (Å²) in [7, 11) is -4.01. The van der Waals surface area contributed by atoms with Crippen LogP contribution in [0.15, 0.2) is 47.4 Å². The van der Waals surface area contributed by atoms with E-state index in [1.54, 1.807) is 24.3 Å². The van der Waals surface area contributed by atoms with E-state index in [0.717, 1.165) is 5.56 Å². The highest BCUT2D eigenvalue weighted by molar-refractivity contribution is 7.89. The molecular formula is C21H23Cl2N5O4S. The predicted octanol–water partition coefficient (Wildman–Crippen LogP) is 1.86. The van der Waals surface area contributed by atoms with Gasteiger partial charge in [0, 0.05) is 28.7 Å². The summed E-state index contributed by atoms with van der Waals surface area (Å²) in [5.41, 5.74) is 6.83. The minimum atomic E-state index is -4.01. The SMILES string of the molecule is N=C(N)c1ccc(CNC(=O)[C@@H]2CCCN2C(=O)CNS(=O)(=O)c2cc(Cl)cc(Cl)c2)cc1. The van der Waals surface area contributed by atoms with E-state index < -0.39 is 28.5 Å². The first-order chi connectivity index (χ1) is 15.6. The summed E-state index contributed by atoms with van der Waals surface area (Å²) >= 11 is 11.7. The number of halogens is 2. The molecule has 33 heavy (non-hydrogen) atoms. The Hall–Kier alpha value is -2.66. The number of rotatable bonds is 8. The molecule has 2 amide bonds. The number of likely N-dealkylation sites (tertiary alicyclic amines) is 1. The molecule has 0 aromatic heterocycles. The number of nitrogens with zero attached hydrogens (tertiary/aromatic N) is 1. The van der Waals surface area contributed by atoms with Gasteiger partial charge in [0.15, 0.2) is 0 Å². The van der Waals surface area contributed by atoms with E-state index in [1.807, 2.05) is 0 Å². The highest BCUT2D eigenvalue weighted by Gasteiger charge is 2.34. The monoisotopic (exact) mass is 511 g/mol. The number of amidine groups is 1. The zero-order chi connectivity index (χ0) is 24.2. The minimum Gasteiger partial charge on any atom is -0.384 e. The average molecular weight is 512 g/mol. The van der Waals surface area contributed by atoms with Crippen molar-refractivity contribution < 1.29 is 18.0 Å². The summed E-state index contributed by atoms with van der Waals surface area (Å²) in [6.07, 6.45) is 1.12. The molecule has 9 nitrogen and oxygen atoms in total. The zero-order valence-corrected chi connectivity index (χ0v) is 19.8. The van der Waals surface area contributed by atoms with Gasteiger partial charge >= 0.3 is 0 Å². The van der Waals surface area contributed by atoms with Gasteiger partial charge in [-0.3, -0.25) is 15.0 Å². The number of nitrogen functional groups attached to an aromatic ring is 1. The zero-order valence-electron chi connectivity index (χ0n) is 17.5. The molecule has 0 saturated carbocycles. The molecule has 5 N–H and O–H groups in total. The topological polar surface area (TPSA) is 145 Å². The number of benzene rings is 2. The van der Waals surface area contributed by atoms with Gasteiger partial charge in [-0.2, -0.15) is 0 Å². The lowest BCUT2D eigenvalue weighted by Gasteiger charge is -2.24. The van der Waals surface area contributed by atoms with Crippen LogP contribution in [0.1, 0.15) is 24.0 Å². The maximum absolute atomic E-state index is 12.7. The van der Waals surface area contributed by atoms with E-state index in [2.05, 4.69) is 10.0 Å². The van der Waals surface area contributed by atoms with Crippen molar-refractivity contribution in [1.82, 2.24) is 14.9 Å². The molecule has 1 aliphatic heterocycles. The summed E-state index contributed by atoms with van der Waals surface area (Å²) in [6.45, 7) is 0.107. The molecule has 12 heteroatoms. The van der Waals surface area contributed by atoms with Crippen LogP contribution in [-0.2, 0) is 26.2 Å². The van der Waals surface area contributed by atoms with Crippen LogP contribution >= 0.6 is 23.2 Å². The van der Waals surface area contributed by atoms with Crippen LogP contribution < -0.4 is 15.8 Å². The fraction of sp³-hybridized carbons (Fsp3) is 0.286. The number of hydrogen-bond donors (Lipinski definition) is 4. The Morgan fingerprint density at radius 1 is 1.12 bits per heavy atom. The van der Waals surface area contributed by atoms with Gasteiger partial charge in [0.2, 0.25) is 21.8 Å². The van der Waals surface area contributed by atoms with Crippen molar-refractivity contribution >= 4 is 50.9 Å². The number of hydrogen-bond acceptors (Lipinski definition) is 5. The van der Waals surface area contributed by atoms with Crippen molar-refractivity contribution in [1.29, 1.82) is 5.41 Å². The van der Waals surface area contributed by atoms with Crippen LogP contribution in [0, 0.1) is 5.41 Å². The van der Waals surface area contributed by atoms with E-state index in [0.29, 0.717) is 24.9 Å². The average Bonchev–Trinajstić information content (AvgIpc) is 3.25.